The molecule has 3 N–H and O–H groups in total. The number of rotatable bonds is 4. The molecule has 4 atom stereocenters. The molecule has 0 spiro atoms. The number of aliphatic hydroxyl groups is 1. The monoisotopic (exact) mass is 353 g/mol. The number of nitrogens with zero attached hydrogens (tertiary/aromatic N) is 4. The number of nitrogens with two attached hydrogens (primary N) is 1. The summed E-state index contributed by atoms with van der Waals surface area (Å²) in [5.74, 6) is -0.185. The first-order valence-corrected chi connectivity index (χ1v) is 7.90. The molecule has 25 heavy (non-hydrogen) atoms. The maximum absolute atomic E-state index is 14.6. The highest BCUT2D eigenvalue weighted by Crippen LogP contribution is 2.34. The smallest absolute Gasteiger partial charge is 0.308 e. The van der Waals surface area contributed by atoms with Gasteiger partial charge in [0.2, 0.25) is 0 Å². The summed E-state index contributed by atoms with van der Waals surface area (Å²) >= 11 is 0. The van der Waals surface area contributed by atoms with Gasteiger partial charge in [-0.05, 0) is 6.92 Å². The van der Waals surface area contributed by atoms with E-state index in [0.29, 0.717) is 17.0 Å². The molecular formula is C15H20FN5O4. The summed E-state index contributed by atoms with van der Waals surface area (Å²) in [5, 5.41) is 10.1. The van der Waals surface area contributed by atoms with Crippen LogP contribution in [-0.2, 0) is 14.3 Å². The normalized spacial score (nSPS) is 26.5. The van der Waals surface area contributed by atoms with E-state index in [2.05, 4.69) is 15.0 Å². The predicted octanol–water partition coefficient (Wildman–Crippen LogP) is 0.513. The molecule has 136 valence electrons. The Labute approximate surface area is 143 Å². The van der Waals surface area contributed by atoms with Gasteiger partial charge in [0.05, 0.1) is 12.2 Å². The number of carbonyl (C=O) groups excluding carboxylic acids is 1. The van der Waals surface area contributed by atoms with Crippen LogP contribution in [0.25, 0.3) is 11.2 Å². The molecule has 0 aliphatic carbocycles. The molecule has 1 fully saturated rings. The lowest BCUT2D eigenvalue weighted by Gasteiger charge is -2.16. The highest BCUT2D eigenvalue weighted by atomic mass is 19.1. The SMILES string of the molecule is Cc1nc(N)c2ncn([C@@H]3O[C@H](COC(=O)C(C)C)[C@@H](O)[C@@H]3F)c2n1. The minimum atomic E-state index is -1.74. The topological polar surface area (TPSA) is 125 Å². The van der Waals surface area contributed by atoms with Crippen molar-refractivity contribution in [2.75, 3.05) is 12.3 Å². The first-order chi connectivity index (χ1) is 11.8. The molecule has 10 heteroatoms. The zero-order valence-electron chi connectivity index (χ0n) is 14.1. The molecule has 0 aromatic carbocycles. The van der Waals surface area contributed by atoms with Crippen LogP contribution in [-0.4, -0.2) is 55.6 Å². The summed E-state index contributed by atoms with van der Waals surface area (Å²) in [5.41, 5.74) is 6.43. The lowest BCUT2D eigenvalue weighted by molar-refractivity contribution is -0.153. The fraction of sp³-hybridized carbons (Fsp3) is 0.600. The second-order valence-corrected chi connectivity index (χ2v) is 6.26. The molecule has 0 radical (unpaired) electrons. The third kappa shape index (κ3) is 3.14. The van der Waals surface area contributed by atoms with Gasteiger partial charge in [-0.2, -0.15) is 0 Å². The Hall–Kier alpha value is -2.33. The van der Waals surface area contributed by atoms with Crippen molar-refractivity contribution >= 4 is 23.0 Å². The van der Waals surface area contributed by atoms with E-state index >= 15 is 0 Å². The lowest BCUT2D eigenvalue weighted by Crippen LogP contribution is -2.32. The number of halogens is 1. The van der Waals surface area contributed by atoms with Crippen LogP contribution in [0.5, 0.6) is 0 Å². The first kappa shape index (κ1) is 17.5. The summed E-state index contributed by atoms with van der Waals surface area (Å²) in [6.07, 6.45) is -3.99. The van der Waals surface area contributed by atoms with E-state index < -0.39 is 30.6 Å². The van der Waals surface area contributed by atoms with Crippen LogP contribution >= 0.6 is 0 Å². The Morgan fingerprint density at radius 2 is 2.24 bits per heavy atom. The van der Waals surface area contributed by atoms with Crippen molar-refractivity contribution in [2.45, 2.75) is 45.4 Å². The van der Waals surface area contributed by atoms with Crippen LogP contribution in [0.4, 0.5) is 10.2 Å². The van der Waals surface area contributed by atoms with Gasteiger partial charge in [0.25, 0.3) is 0 Å². The van der Waals surface area contributed by atoms with Crippen molar-refractivity contribution in [2.24, 2.45) is 5.92 Å². The number of hydrogen-bond acceptors (Lipinski definition) is 8. The zero-order valence-corrected chi connectivity index (χ0v) is 14.1. The number of aliphatic hydroxyl groups excluding tert-OH is 1. The molecule has 2 aromatic rings. The number of fused-ring (bicyclic) bond motifs is 1. The van der Waals surface area contributed by atoms with Gasteiger partial charge in [0.1, 0.15) is 30.2 Å². The van der Waals surface area contributed by atoms with Gasteiger partial charge in [0.15, 0.2) is 23.9 Å². The molecule has 1 aliphatic rings. The van der Waals surface area contributed by atoms with E-state index in [9.17, 15) is 14.3 Å². The van der Waals surface area contributed by atoms with E-state index in [4.69, 9.17) is 15.2 Å². The van der Waals surface area contributed by atoms with E-state index in [0.717, 1.165) is 0 Å². The van der Waals surface area contributed by atoms with Gasteiger partial charge < -0.3 is 20.3 Å². The Kier molecular flexibility index (Phi) is 4.56. The van der Waals surface area contributed by atoms with Crippen molar-refractivity contribution in [3.8, 4) is 0 Å². The summed E-state index contributed by atoms with van der Waals surface area (Å²) in [7, 11) is 0. The predicted molar refractivity (Wildman–Crippen MR) is 85.1 cm³/mol. The largest absolute Gasteiger partial charge is 0.463 e. The standard InChI is InChI=1S/C15H20FN5O4/c1-6(2)15(23)24-4-8-11(22)9(16)14(25-8)21-5-18-10-12(17)19-7(3)20-13(10)21/h5-6,8-9,11,14,22H,4H2,1-3H3,(H2,17,19,20)/t8-,9+,11-,14-/m1/s1. The minimum Gasteiger partial charge on any atom is -0.463 e. The van der Waals surface area contributed by atoms with Crippen molar-refractivity contribution < 1.29 is 23.8 Å². The van der Waals surface area contributed by atoms with Gasteiger partial charge in [0, 0.05) is 0 Å². The van der Waals surface area contributed by atoms with Crippen LogP contribution < -0.4 is 5.73 Å². The van der Waals surface area contributed by atoms with Gasteiger partial charge in [-0.25, -0.2) is 19.3 Å². The number of esters is 1. The highest BCUT2D eigenvalue weighted by molar-refractivity contribution is 5.81. The van der Waals surface area contributed by atoms with Crippen molar-refractivity contribution in [1.29, 1.82) is 0 Å². The highest BCUT2D eigenvalue weighted by Gasteiger charge is 2.46. The van der Waals surface area contributed by atoms with Crippen LogP contribution in [0.1, 0.15) is 25.9 Å². The molecule has 2 aromatic heterocycles. The van der Waals surface area contributed by atoms with Gasteiger partial charge in [-0.15, -0.1) is 0 Å². The fourth-order valence-corrected chi connectivity index (χ4v) is 2.63. The molecule has 1 saturated heterocycles. The molecule has 0 unspecified atom stereocenters. The number of imidazole rings is 1. The van der Waals surface area contributed by atoms with Crippen LogP contribution in [0.15, 0.2) is 6.33 Å². The maximum atomic E-state index is 14.6. The molecule has 0 saturated carbocycles. The molecule has 1 aliphatic heterocycles. The zero-order chi connectivity index (χ0) is 18.3. The van der Waals surface area contributed by atoms with E-state index in [1.807, 2.05) is 0 Å². The van der Waals surface area contributed by atoms with E-state index in [1.165, 1.54) is 10.9 Å². The quantitative estimate of drug-likeness (QED) is 0.762. The van der Waals surface area contributed by atoms with E-state index in [1.54, 1.807) is 20.8 Å². The fourth-order valence-electron chi connectivity index (χ4n) is 2.63. The van der Waals surface area contributed by atoms with Crippen LogP contribution in [0.2, 0.25) is 0 Å². The minimum absolute atomic E-state index is 0.178. The molecule has 3 rings (SSSR count). The number of anilines is 1. The molecule has 0 amide bonds. The maximum Gasteiger partial charge on any atom is 0.308 e. The summed E-state index contributed by atoms with van der Waals surface area (Å²) in [6.45, 7) is 4.77. The Balaban J connectivity index is 1.83. The average Bonchev–Trinajstić information content (AvgIpc) is 3.08. The lowest BCUT2D eigenvalue weighted by atomic mass is 10.1. The summed E-state index contributed by atoms with van der Waals surface area (Å²) in [4.78, 5) is 23.9. The number of aryl methyl sites for hydroxylation is 1. The van der Waals surface area contributed by atoms with Gasteiger partial charge >= 0.3 is 5.97 Å². The van der Waals surface area contributed by atoms with Crippen molar-refractivity contribution in [1.82, 2.24) is 19.5 Å². The molecule has 9 nitrogen and oxygen atoms in total. The number of nitrogen functional groups attached to an aromatic ring is 1. The number of ether oxygens (including phenoxy) is 2. The van der Waals surface area contributed by atoms with E-state index in [-0.39, 0.29) is 18.3 Å². The number of alkyl halides is 1. The Bertz CT molecular complexity index is 796. The second kappa shape index (κ2) is 6.52. The average molecular weight is 353 g/mol. The van der Waals surface area contributed by atoms with Crippen LogP contribution in [0.3, 0.4) is 0 Å². The third-order valence-corrected chi connectivity index (χ3v) is 3.99. The van der Waals surface area contributed by atoms with Crippen molar-refractivity contribution in [3.05, 3.63) is 12.2 Å². The Morgan fingerprint density at radius 3 is 2.92 bits per heavy atom. The second-order valence-electron chi connectivity index (χ2n) is 6.26. The Morgan fingerprint density at radius 1 is 1.52 bits per heavy atom. The first-order valence-electron chi connectivity index (χ1n) is 7.90. The number of aromatic nitrogens is 4. The van der Waals surface area contributed by atoms with Crippen molar-refractivity contribution in [3.63, 3.8) is 0 Å². The van der Waals surface area contributed by atoms with Gasteiger partial charge in [-0.1, -0.05) is 13.8 Å². The molecule has 0 bridgehead atoms. The summed E-state index contributed by atoms with van der Waals surface area (Å²) in [6, 6.07) is 0. The third-order valence-electron chi connectivity index (χ3n) is 3.99. The number of hydrogen-bond donors (Lipinski definition) is 2. The summed E-state index contributed by atoms with van der Waals surface area (Å²) < 4.78 is 26.5. The molecular weight excluding hydrogens is 333 g/mol. The molecule has 3 heterocycles. The van der Waals surface area contributed by atoms with Crippen LogP contribution in [0, 0.1) is 12.8 Å². The van der Waals surface area contributed by atoms with Gasteiger partial charge in [-0.3, -0.25) is 9.36 Å². The number of carbonyl (C=O) groups is 1.